The molecule has 2 aromatic carbocycles. The van der Waals surface area contributed by atoms with Crippen molar-refractivity contribution in [2.24, 2.45) is 0 Å². The fourth-order valence-electron chi connectivity index (χ4n) is 2.54. The number of carbonyl (C=O) groups is 1. The largest absolute Gasteiger partial charge is 0.493 e. The second kappa shape index (κ2) is 9.37. The maximum absolute atomic E-state index is 12.6. The second-order valence-electron chi connectivity index (χ2n) is 5.66. The Morgan fingerprint density at radius 2 is 1.76 bits per heavy atom. The van der Waals surface area contributed by atoms with Gasteiger partial charge in [0.2, 0.25) is 5.91 Å². The van der Waals surface area contributed by atoms with Crippen molar-refractivity contribution in [3.63, 3.8) is 0 Å². The lowest BCUT2D eigenvalue weighted by Gasteiger charge is -2.21. The van der Waals surface area contributed by atoms with E-state index >= 15 is 0 Å². The first-order valence-electron chi connectivity index (χ1n) is 8.33. The summed E-state index contributed by atoms with van der Waals surface area (Å²) in [6, 6.07) is 15.6. The van der Waals surface area contributed by atoms with Crippen LogP contribution in [0.4, 0.5) is 0 Å². The number of thioether (sulfide) groups is 1. The van der Waals surface area contributed by atoms with Crippen molar-refractivity contribution in [1.82, 2.24) is 5.32 Å². The van der Waals surface area contributed by atoms with Crippen LogP contribution in [0.25, 0.3) is 0 Å². The van der Waals surface area contributed by atoms with E-state index < -0.39 is 0 Å². The average molecular weight is 359 g/mol. The van der Waals surface area contributed by atoms with E-state index in [1.54, 1.807) is 26.0 Å². The number of carbonyl (C=O) groups excluding carboxylic acids is 1. The lowest BCUT2D eigenvalue weighted by atomic mass is 10.0. The molecule has 1 N–H and O–H groups in total. The average Bonchev–Trinajstić information content (AvgIpc) is 2.66. The number of ether oxygens (including phenoxy) is 2. The lowest BCUT2D eigenvalue weighted by Crippen LogP contribution is -2.34. The molecule has 2 rings (SSSR count). The van der Waals surface area contributed by atoms with Crippen LogP contribution in [0.3, 0.4) is 0 Å². The molecule has 2 atom stereocenters. The van der Waals surface area contributed by atoms with Gasteiger partial charge in [0.25, 0.3) is 0 Å². The van der Waals surface area contributed by atoms with Crippen molar-refractivity contribution in [2.45, 2.75) is 36.5 Å². The minimum Gasteiger partial charge on any atom is -0.493 e. The molecule has 25 heavy (non-hydrogen) atoms. The third kappa shape index (κ3) is 5.16. The number of nitrogens with one attached hydrogen (secondary N) is 1. The van der Waals surface area contributed by atoms with Crippen molar-refractivity contribution in [3.05, 3.63) is 54.1 Å². The van der Waals surface area contributed by atoms with E-state index in [0.717, 1.165) is 16.9 Å². The van der Waals surface area contributed by atoms with Crippen LogP contribution in [0.5, 0.6) is 11.5 Å². The molecule has 0 aromatic heterocycles. The monoisotopic (exact) mass is 359 g/mol. The highest BCUT2D eigenvalue weighted by Crippen LogP contribution is 2.31. The van der Waals surface area contributed by atoms with Crippen LogP contribution in [-0.4, -0.2) is 25.4 Å². The summed E-state index contributed by atoms with van der Waals surface area (Å²) in [6.07, 6.45) is 0.796. The number of benzene rings is 2. The van der Waals surface area contributed by atoms with E-state index in [2.05, 4.69) is 12.2 Å². The predicted octanol–water partition coefficient (Wildman–Crippen LogP) is 4.45. The summed E-state index contributed by atoms with van der Waals surface area (Å²) in [6.45, 7) is 3.98. The summed E-state index contributed by atoms with van der Waals surface area (Å²) in [5.74, 6) is 1.37. The highest BCUT2D eigenvalue weighted by molar-refractivity contribution is 8.00. The van der Waals surface area contributed by atoms with Crippen LogP contribution in [0.2, 0.25) is 0 Å². The second-order valence-corrected chi connectivity index (χ2v) is 7.07. The van der Waals surface area contributed by atoms with E-state index in [-0.39, 0.29) is 17.2 Å². The van der Waals surface area contributed by atoms with Gasteiger partial charge in [-0.3, -0.25) is 4.79 Å². The molecule has 0 fully saturated rings. The third-order valence-corrected chi connectivity index (χ3v) is 5.07. The summed E-state index contributed by atoms with van der Waals surface area (Å²) in [5, 5.41) is 2.97. The Hall–Kier alpha value is -2.14. The van der Waals surface area contributed by atoms with Crippen molar-refractivity contribution in [1.29, 1.82) is 0 Å². The molecule has 0 aliphatic carbocycles. The van der Waals surface area contributed by atoms with Gasteiger partial charge < -0.3 is 14.8 Å². The quantitative estimate of drug-likeness (QED) is 0.707. The van der Waals surface area contributed by atoms with E-state index in [0.29, 0.717) is 11.5 Å². The van der Waals surface area contributed by atoms with Crippen molar-refractivity contribution in [3.8, 4) is 11.5 Å². The van der Waals surface area contributed by atoms with Gasteiger partial charge in [0.05, 0.1) is 25.5 Å². The summed E-state index contributed by atoms with van der Waals surface area (Å²) in [4.78, 5) is 13.7. The number of methoxy groups -OCH3 is 2. The zero-order valence-electron chi connectivity index (χ0n) is 15.1. The molecule has 2 aromatic rings. The molecule has 0 unspecified atom stereocenters. The highest BCUT2D eigenvalue weighted by atomic mass is 32.2. The zero-order valence-corrected chi connectivity index (χ0v) is 15.9. The molecule has 0 aliphatic rings. The first-order valence-corrected chi connectivity index (χ1v) is 9.21. The highest BCUT2D eigenvalue weighted by Gasteiger charge is 2.20. The van der Waals surface area contributed by atoms with Gasteiger partial charge in [0.1, 0.15) is 0 Å². The van der Waals surface area contributed by atoms with Crippen LogP contribution in [0, 0.1) is 0 Å². The molecule has 4 nitrogen and oxygen atoms in total. The van der Waals surface area contributed by atoms with Crippen LogP contribution in [0.1, 0.15) is 31.9 Å². The van der Waals surface area contributed by atoms with Crippen LogP contribution < -0.4 is 14.8 Å². The fourth-order valence-corrected chi connectivity index (χ4v) is 3.43. The van der Waals surface area contributed by atoms with Gasteiger partial charge in [-0.25, -0.2) is 0 Å². The normalized spacial score (nSPS) is 13.0. The van der Waals surface area contributed by atoms with Gasteiger partial charge in [0.15, 0.2) is 11.5 Å². The molecule has 134 valence electrons. The first-order chi connectivity index (χ1) is 12.1. The van der Waals surface area contributed by atoms with Gasteiger partial charge >= 0.3 is 0 Å². The first kappa shape index (κ1) is 19.2. The maximum atomic E-state index is 12.6. The van der Waals surface area contributed by atoms with Gasteiger partial charge in [-0.1, -0.05) is 31.2 Å². The molecule has 0 bridgehead atoms. The summed E-state index contributed by atoms with van der Waals surface area (Å²) >= 11 is 1.56. The number of hydrogen-bond acceptors (Lipinski definition) is 4. The Morgan fingerprint density at radius 1 is 1.08 bits per heavy atom. The van der Waals surface area contributed by atoms with Gasteiger partial charge in [-0.05, 0) is 43.2 Å². The minimum absolute atomic E-state index is 0.0236. The van der Waals surface area contributed by atoms with E-state index in [1.165, 1.54) is 0 Å². The van der Waals surface area contributed by atoms with Crippen molar-refractivity contribution in [2.75, 3.05) is 14.2 Å². The maximum Gasteiger partial charge on any atom is 0.233 e. The smallest absolute Gasteiger partial charge is 0.233 e. The Labute approximate surface area is 153 Å². The van der Waals surface area contributed by atoms with Crippen LogP contribution in [-0.2, 0) is 4.79 Å². The molecule has 0 heterocycles. The van der Waals surface area contributed by atoms with E-state index in [9.17, 15) is 4.79 Å². The molecule has 0 spiro atoms. The molecular formula is C20H25NO3S. The standard InChI is InChI=1S/C20H25NO3S/c1-5-17(15-11-12-18(23-3)19(13-15)24-4)21-20(22)14(2)25-16-9-7-6-8-10-16/h6-14,17H,5H2,1-4H3,(H,21,22)/t14-,17+/m0/s1. The summed E-state index contributed by atoms with van der Waals surface area (Å²) < 4.78 is 10.6. The van der Waals surface area contributed by atoms with Gasteiger partial charge in [-0.15, -0.1) is 11.8 Å². The summed E-state index contributed by atoms with van der Waals surface area (Å²) in [5.41, 5.74) is 1.01. The SMILES string of the molecule is CC[C@@H](NC(=O)[C@H](C)Sc1ccccc1)c1ccc(OC)c(OC)c1. The van der Waals surface area contributed by atoms with E-state index in [4.69, 9.17) is 9.47 Å². The van der Waals surface area contributed by atoms with Crippen molar-refractivity contribution >= 4 is 17.7 Å². The van der Waals surface area contributed by atoms with Crippen LogP contribution in [0.15, 0.2) is 53.4 Å². The van der Waals surface area contributed by atoms with Gasteiger partial charge in [-0.2, -0.15) is 0 Å². The topological polar surface area (TPSA) is 47.6 Å². The number of rotatable bonds is 8. The molecule has 0 saturated heterocycles. The zero-order chi connectivity index (χ0) is 18.2. The Bertz CT molecular complexity index is 691. The minimum atomic E-state index is -0.170. The Balaban J connectivity index is 2.06. The van der Waals surface area contributed by atoms with Crippen LogP contribution >= 0.6 is 11.8 Å². The molecule has 5 heteroatoms. The number of amides is 1. The third-order valence-electron chi connectivity index (χ3n) is 3.96. The van der Waals surface area contributed by atoms with Crippen molar-refractivity contribution < 1.29 is 14.3 Å². The van der Waals surface area contributed by atoms with Gasteiger partial charge in [0, 0.05) is 4.90 Å². The Kier molecular flexibility index (Phi) is 7.19. The molecule has 0 radical (unpaired) electrons. The molecule has 1 amide bonds. The number of hydrogen-bond donors (Lipinski definition) is 1. The lowest BCUT2D eigenvalue weighted by molar-refractivity contribution is -0.121. The fraction of sp³-hybridized carbons (Fsp3) is 0.350. The predicted molar refractivity (Wildman–Crippen MR) is 102 cm³/mol. The molecule has 0 saturated carbocycles. The molecular weight excluding hydrogens is 334 g/mol. The Morgan fingerprint density at radius 3 is 2.36 bits per heavy atom. The summed E-state index contributed by atoms with van der Waals surface area (Å²) in [7, 11) is 3.22. The van der Waals surface area contributed by atoms with E-state index in [1.807, 2.05) is 55.5 Å². The molecule has 0 aliphatic heterocycles.